The first-order valence-corrected chi connectivity index (χ1v) is 5.35. The van der Waals surface area contributed by atoms with E-state index < -0.39 is 0 Å². The first kappa shape index (κ1) is 11.4. The molecule has 1 N–H and O–H groups in total. The Kier molecular flexibility index (Phi) is 2.91. The second-order valence-electron chi connectivity index (χ2n) is 4.21. The lowest BCUT2D eigenvalue weighted by Crippen LogP contribution is -2.43. The van der Waals surface area contributed by atoms with Crippen molar-refractivity contribution in [1.82, 2.24) is 5.32 Å². The predicted octanol–water partition coefficient (Wildman–Crippen LogP) is 1.86. The molecule has 0 radical (unpaired) electrons. The molecule has 3 rings (SSSR count). The summed E-state index contributed by atoms with van der Waals surface area (Å²) in [6.45, 7) is 1.76. The maximum atomic E-state index is 11.7. The molecule has 0 amide bonds. The summed E-state index contributed by atoms with van der Waals surface area (Å²) in [7, 11) is 0. The summed E-state index contributed by atoms with van der Waals surface area (Å²) in [5, 5.41) is 3.30. The highest BCUT2D eigenvalue weighted by Gasteiger charge is 2.45. The lowest BCUT2D eigenvalue weighted by atomic mass is 9.86. The minimum atomic E-state index is -0.383. The van der Waals surface area contributed by atoms with Crippen LogP contribution in [-0.4, -0.2) is 19.1 Å². The average Bonchev–Trinajstić information content (AvgIpc) is 2.55. The van der Waals surface area contributed by atoms with Gasteiger partial charge in [0.05, 0.1) is 5.56 Å². The van der Waals surface area contributed by atoms with Crippen LogP contribution < -0.4 is 5.32 Å². The Morgan fingerprint density at radius 2 is 2.12 bits per heavy atom. The summed E-state index contributed by atoms with van der Waals surface area (Å²) in [6.07, 6.45) is 1.99. The van der Waals surface area contributed by atoms with Gasteiger partial charge in [0.1, 0.15) is 0 Å². The van der Waals surface area contributed by atoms with Crippen molar-refractivity contribution < 1.29 is 9.53 Å². The van der Waals surface area contributed by atoms with Crippen molar-refractivity contribution in [2.75, 3.05) is 13.1 Å². The third-order valence-electron chi connectivity index (χ3n) is 3.27. The van der Waals surface area contributed by atoms with Crippen molar-refractivity contribution in [1.29, 1.82) is 0 Å². The molecule has 0 aliphatic carbocycles. The largest absolute Gasteiger partial charge is 0.449 e. The second kappa shape index (κ2) is 4.07. The third-order valence-corrected chi connectivity index (χ3v) is 3.27. The molecule has 2 aliphatic heterocycles. The van der Waals surface area contributed by atoms with E-state index in [4.69, 9.17) is 4.74 Å². The van der Waals surface area contributed by atoms with E-state index in [1.54, 1.807) is 0 Å². The minimum Gasteiger partial charge on any atom is -0.449 e. The molecule has 1 atom stereocenters. The van der Waals surface area contributed by atoms with Gasteiger partial charge < -0.3 is 10.1 Å². The maximum absolute atomic E-state index is 11.7. The predicted molar refractivity (Wildman–Crippen MR) is 62.9 cm³/mol. The fourth-order valence-corrected chi connectivity index (χ4v) is 2.54. The molecule has 1 aromatic rings. The first-order valence-electron chi connectivity index (χ1n) is 5.35. The second-order valence-corrected chi connectivity index (χ2v) is 4.21. The highest BCUT2D eigenvalue weighted by atomic mass is 35.5. The van der Waals surface area contributed by atoms with Gasteiger partial charge in [-0.15, -0.1) is 12.4 Å². The fourth-order valence-electron chi connectivity index (χ4n) is 2.54. The Morgan fingerprint density at radius 1 is 1.31 bits per heavy atom. The molecule has 1 spiro atoms. The highest BCUT2D eigenvalue weighted by Crippen LogP contribution is 2.40. The molecule has 3 nitrogen and oxygen atoms in total. The first-order chi connectivity index (χ1) is 7.32. The number of esters is 1. The summed E-state index contributed by atoms with van der Waals surface area (Å²) in [5.74, 6) is -0.172. The van der Waals surface area contributed by atoms with Crippen molar-refractivity contribution in [3.05, 3.63) is 35.4 Å². The number of nitrogens with one attached hydrogen (secondary N) is 1. The van der Waals surface area contributed by atoms with Gasteiger partial charge in [-0.05, 0) is 25.5 Å². The van der Waals surface area contributed by atoms with E-state index in [0.29, 0.717) is 0 Å². The summed E-state index contributed by atoms with van der Waals surface area (Å²) < 4.78 is 5.56. The number of piperidine rings is 1. The van der Waals surface area contributed by atoms with E-state index in [9.17, 15) is 4.79 Å². The lowest BCUT2D eigenvalue weighted by molar-refractivity contribution is -0.0203. The van der Waals surface area contributed by atoms with Crippen LogP contribution in [-0.2, 0) is 10.3 Å². The van der Waals surface area contributed by atoms with Crippen molar-refractivity contribution in [3.8, 4) is 0 Å². The van der Waals surface area contributed by atoms with Crippen LogP contribution >= 0.6 is 12.4 Å². The number of carbonyl (C=O) groups is 1. The summed E-state index contributed by atoms with van der Waals surface area (Å²) in [6, 6.07) is 7.71. The molecule has 2 aliphatic rings. The van der Waals surface area contributed by atoms with Crippen LogP contribution in [0, 0.1) is 0 Å². The van der Waals surface area contributed by atoms with Gasteiger partial charge in [-0.2, -0.15) is 0 Å². The van der Waals surface area contributed by atoms with Crippen LogP contribution in [0.5, 0.6) is 0 Å². The number of fused-ring (bicyclic) bond motifs is 2. The Balaban J connectivity index is 0.000000963. The molecular formula is C12H14ClNO2. The topological polar surface area (TPSA) is 38.3 Å². The van der Waals surface area contributed by atoms with Crippen LogP contribution in [0.2, 0.25) is 0 Å². The van der Waals surface area contributed by atoms with Crippen LogP contribution in [0.4, 0.5) is 0 Å². The molecule has 0 aromatic heterocycles. The van der Waals surface area contributed by atoms with Gasteiger partial charge in [0.25, 0.3) is 0 Å². The minimum absolute atomic E-state index is 0. The zero-order valence-corrected chi connectivity index (χ0v) is 9.68. The molecule has 1 unspecified atom stereocenters. The standard InChI is InChI=1S/C12H13NO2.ClH/c14-11-9-4-1-2-5-10(9)12(15-11)6-3-7-13-8-12;/h1-2,4-5,13H,3,6-8H2;1H. The number of hydrogen-bond donors (Lipinski definition) is 1. The molecule has 0 saturated carbocycles. The van der Waals surface area contributed by atoms with E-state index in [0.717, 1.165) is 37.1 Å². The van der Waals surface area contributed by atoms with Gasteiger partial charge in [0.15, 0.2) is 5.60 Å². The Labute approximate surface area is 101 Å². The van der Waals surface area contributed by atoms with Crippen LogP contribution in [0.15, 0.2) is 24.3 Å². The number of ether oxygens (including phenoxy) is 1. The molecule has 1 saturated heterocycles. The average molecular weight is 240 g/mol. The number of carbonyl (C=O) groups excluding carboxylic acids is 1. The molecule has 16 heavy (non-hydrogen) atoms. The van der Waals surface area contributed by atoms with Crippen LogP contribution in [0.25, 0.3) is 0 Å². The Bertz CT molecular complexity index is 413. The molecule has 1 aromatic carbocycles. The van der Waals surface area contributed by atoms with Crippen LogP contribution in [0.3, 0.4) is 0 Å². The number of benzene rings is 1. The molecule has 86 valence electrons. The van der Waals surface area contributed by atoms with Crippen molar-refractivity contribution in [2.45, 2.75) is 18.4 Å². The monoisotopic (exact) mass is 239 g/mol. The molecule has 2 heterocycles. The maximum Gasteiger partial charge on any atom is 0.339 e. The lowest BCUT2D eigenvalue weighted by Gasteiger charge is -2.33. The Hall–Kier alpha value is -1.06. The van der Waals surface area contributed by atoms with E-state index >= 15 is 0 Å². The number of hydrogen-bond acceptors (Lipinski definition) is 3. The summed E-state index contributed by atoms with van der Waals surface area (Å²) in [5.41, 5.74) is 1.41. The number of rotatable bonds is 0. The normalized spacial score (nSPS) is 27.1. The van der Waals surface area contributed by atoms with Crippen LogP contribution in [0.1, 0.15) is 28.8 Å². The van der Waals surface area contributed by atoms with Gasteiger partial charge in [0, 0.05) is 12.1 Å². The summed E-state index contributed by atoms with van der Waals surface area (Å²) >= 11 is 0. The van der Waals surface area contributed by atoms with E-state index in [2.05, 4.69) is 5.32 Å². The molecule has 0 bridgehead atoms. The van der Waals surface area contributed by atoms with Gasteiger partial charge in [-0.3, -0.25) is 0 Å². The SMILES string of the molecule is Cl.O=C1OC2(CCCNC2)c2ccccc21. The van der Waals surface area contributed by atoms with E-state index in [-0.39, 0.29) is 24.0 Å². The number of halogens is 1. The highest BCUT2D eigenvalue weighted by molar-refractivity contribution is 5.94. The molecule has 4 heteroatoms. The summed E-state index contributed by atoms with van der Waals surface area (Å²) in [4.78, 5) is 11.7. The Morgan fingerprint density at radius 3 is 2.88 bits per heavy atom. The van der Waals surface area contributed by atoms with Gasteiger partial charge in [-0.25, -0.2) is 4.79 Å². The zero-order chi connectivity index (χ0) is 10.3. The van der Waals surface area contributed by atoms with Gasteiger partial charge in [-0.1, -0.05) is 18.2 Å². The van der Waals surface area contributed by atoms with E-state index in [1.165, 1.54) is 0 Å². The zero-order valence-electron chi connectivity index (χ0n) is 8.86. The van der Waals surface area contributed by atoms with E-state index in [1.807, 2.05) is 24.3 Å². The smallest absolute Gasteiger partial charge is 0.339 e. The van der Waals surface area contributed by atoms with Crippen molar-refractivity contribution in [2.24, 2.45) is 0 Å². The van der Waals surface area contributed by atoms with Crippen molar-refractivity contribution in [3.63, 3.8) is 0 Å². The quantitative estimate of drug-likeness (QED) is 0.703. The fraction of sp³-hybridized carbons (Fsp3) is 0.417. The third kappa shape index (κ3) is 1.51. The van der Waals surface area contributed by atoms with Crippen molar-refractivity contribution >= 4 is 18.4 Å². The van der Waals surface area contributed by atoms with Gasteiger partial charge in [0.2, 0.25) is 0 Å². The molecular weight excluding hydrogens is 226 g/mol. The van der Waals surface area contributed by atoms with Gasteiger partial charge >= 0.3 is 5.97 Å². The molecule has 1 fully saturated rings.